The molecular formula is C14H21NO6. The SMILES string of the molecule is CC#CCC(CC(NC(=O)OC(C)(C)C)C(=O)O)C(=O)O. The van der Waals surface area contributed by atoms with Crippen molar-refractivity contribution in [3.05, 3.63) is 0 Å². The minimum atomic E-state index is -1.35. The minimum absolute atomic E-state index is 0.0195. The molecule has 0 spiro atoms. The number of hydrogen-bond acceptors (Lipinski definition) is 4. The van der Waals surface area contributed by atoms with Gasteiger partial charge in [-0.25, -0.2) is 9.59 Å². The Balaban J connectivity index is 4.80. The van der Waals surface area contributed by atoms with Gasteiger partial charge in [0.1, 0.15) is 11.6 Å². The van der Waals surface area contributed by atoms with Gasteiger partial charge >= 0.3 is 18.0 Å². The third-order valence-electron chi connectivity index (χ3n) is 2.38. The number of rotatable bonds is 6. The molecule has 0 fully saturated rings. The molecule has 0 bridgehead atoms. The number of nitrogens with one attached hydrogen (secondary N) is 1. The zero-order valence-corrected chi connectivity index (χ0v) is 12.6. The zero-order valence-electron chi connectivity index (χ0n) is 12.6. The molecule has 0 aromatic rings. The van der Waals surface area contributed by atoms with Crippen LogP contribution in [0, 0.1) is 17.8 Å². The molecule has 7 nitrogen and oxygen atoms in total. The fraction of sp³-hybridized carbons (Fsp3) is 0.643. The van der Waals surface area contributed by atoms with Crippen molar-refractivity contribution < 1.29 is 29.3 Å². The van der Waals surface area contributed by atoms with E-state index in [1.165, 1.54) is 0 Å². The highest BCUT2D eigenvalue weighted by Crippen LogP contribution is 2.13. The maximum Gasteiger partial charge on any atom is 0.408 e. The van der Waals surface area contributed by atoms with Crippen LogP contribution in [0.4, 0.5) is 4.79 Å². The van der Waals surface area contributed by atoms with Gasteiger partial charge in [0.25, 0.3) is 0 Å². The van der Waals surface area contributed by atoms with E-state index in [9.17, 15) is 14.4 Å². The second-order valence-corrected chi connectivity index (χ2v) is 5.44. The molecule has 0 aromatic heterocycles. The van der Waals surface area contributed by atoms with Crippen LogP contribution in [0.3, 0.4) is 0 Å². The number of carbonyl (C=O) groups is 3. The molecule has 2 unspecified atom stereocenters. The number of amides is 1. The van der Waals surface area contributed by atoms with Crippen molar-refractivity contribution in [3.63, 3.8) is 0 Å². The first-order valence-corrected chi connectivity index (χ1v) is 6.41. The lowest BCUT2D eigenvalue weighted by Gasteiger charge is -2.23. The first-order chi connectivity index (χ1) is 9.56. The summed E-state index contributed by atoms with van der Waals surface area (Å²) in [5, 5.41) is 20.3. The van der Waals surface area contributed by atoms with Gasteiger partial charge in [-0.05, 0) is 34.1 Å². The van der Waals surface area contributed by atoms with E-state index in [0.717, 1.165) is 0 Å². The standard InChI is InChI=1S/C14H21NO6/c1-5-6-7-9(11(16)17)8-10(12(18)19)15-13(20)21-14(2,3)4/h9-10H,7-8H2,1-4H3,(H,15,20)(H,16,17)(H,18,19). The maximum absolute atomic E-state index is 11.6. The summed E-state index contributed by atoms with van der Waals surface area (Å²) in [4.78, 5) is 33.8. The number of carboxylic acids is 2. The molecule has 21 heavy (non-hydrogen) atoms. The molecule has 0 saturated heterocycles. The molecule has 0 aliphatic heterocycles. The highest BCUT2D eigenvalue weighted by Gasteiger charge is 2.29. The summed E-state index contributed by atoms with van der Waals surface area (Å²) in [6.45, 7) is 6.48. The predicted octanol–water partition coefficient (Wildman–Crippen LogP) is 1.47. The summed E-state index contributed by atoms with van der Waals surface area (Å²) in [5.74, 6) is 1.69. The molecule has 3 N–H and O–H groups in total. The van der Waals surface area contributed by atoms with E-state index in [0.29, 0.717) is 0 Å². The van der Waals surface area contributed by atoms with Crippen molar-refractivity contribution in [1.29, 1.82) is 0 Å². The van der Waals surface area contributed by atoms with Crippen molar-refractivity contribution in [3.8, 4) is 11.8 Å². The van der Waals surface area contributed by atoms with Gasteiger partial charge in [0.05, 0.1) is 5.92 Å². The third kappa shape index (κ3) is 8.52. The van der Waals surface area contributed by atoms with Crippen LogP contribution in [0.2, 0.25) is 0 Å². The van der Waals surface area contributed by atoms with Gasteiger partial charge in [-0.15, -0.1) is 11.8 Å². The first-order valence-electron chi connectivity index (χ1n) is 6.41. The Labute approximate surface area is 123 Å². The molecule has 0 rings (SSSR count). The van der Waals surface area contributed by atoms with E-state index in [-0.39, 0.29) is 12.8 Å². The molecule has 1 amide bonds. The molecule has 7 heteroatoms. The molecule has 0 radical (unpaired) electrons. The summed E-state index contributed by atoms with van der Waals surface area (Å²) in [6.07, 6.45) is -1.15. The monoisotopic (exact) mass is 299 g/mol. The molecular weight excluding hydrogens is 278 g/mol. The van der Waals surface area contributed by atoms with E-state index in [4.69, 9.17) is 14.9 Å². The molecule has 118 valence electrons. The van der Waals surface area contributed by atoms with Gasteiger partial charge < -0.3 is 20.3 Å². The smallest absolute Gasteiger partial charge is 0.408 e. The van der Waals surface area contributed by atoms with Crippen LogP contribution in [-0.4, -0.2) is 39.9 Å². The number of carbonyl (C=O) groups excluding carboxylic acids is 1. The van der Waals surface area contributed by atoms with Gasteiger partial charge in [-0.2, -0.15) is 0 Å². The lowest BCUT2D eigenvalue weighted by molar-refractivity contribution is -0.144. The fourth-order valence-electron chi connectivity index (χ4n) is 1.45. The van der Waals surface area contributed by atoms with Crippen molar-refractivity contribution in [2.75, 3.05) is 0 Å². The quantitative estimate of drug-likeness (QED) is 0.640. The van der Waals surface area contributed by atoms with Crippen molar-refractivity contribution in [2.24, 2.45) is 5.92 Å². The van der Waals surface area contributed by atoms with E-state index in [1.807, 2.05) is 0 Å². The highest BCUT2D eigenvalue weighted by molar-refractivity contribution is 5.81. The normalized spacial score (nSPS) is 13.3. The van der Waals surface area contributed by atoms with Gasteiger partial charge in [0, 0.05) is 6.42 Å². The maximum atomic E-state index is 11.6. The van der Waals surface area contributed by atoms with E-state index >= 15 is 0 Å². The van der Waals surface area contributed by atoms with Crippen molar-refractivity contribution in [2.45, 2.75) is 52.2 Å². The van der Waals surface area contributed by atoms with E-state index < -0.39 is 35.6 Å². The summed E-state index contributed by atoms with van der Waals surface area (Å²) >= 11 is 0. The Morgan fingerprint density at radius 2 is 1.76 bits per heavy atom. The van der Waals surface area contributed by atoms with E-state index in [2.05, 4.69) is 17.2 Å². The Kier molecular flexibility index (Phi) is 7.28. The lowest BCUT2D eigenvalue weighted by Crippen LogP contribution is -2.45. The summed E-state index contributed by atoms with van der Waals surface area (Å²) < 4.78 is 4.95. The molecule has 2 atom stereocenters. The number of hydrogen-bond donors (Lipinski definition) is 3. The van der Waals surface area contributed by atoms with Crippen LogP contribution < -0.4 is 5.32 Å². The van der Waals surface area contributed by atoms with Crippen molar-refractivity contribution >= 4 is 18.0 Å². The van der Waals surface area contributed by atoms with Crippen LogP contribution in [-0.2, 0) is 14.3 Å². The van der Waals surface area contributed by atoms with Crippen LogP contribution in [0.25, 0.3) is 0 Å². The number of ether oxygens (including phenoxy) is 1. The predicted molar refractivity (Wildman–Crippen MR) is 74.6 cm³/mol. The molecule has 0 aromatic carbocycles. The van der Waals surface area contributed by atoms with Crippen LogP contribution in [0.1, 0.15) is 40.5 Å². The van der Waals surface area contributed by atoms with Gasteiger partial charge in [0.15, 0.2) is 0 Å². The Hall–Kier alpha value is -2.23. The van der Waals surface area contributed by atoms with Gasteiger partial charge in [-0.1, -0.05) is 0 Å². The molecule has 0 aliphatic carbocycles. The molecule has 0 aliphatic rings. The fourth-order valence-corrected chi connectivity index (χ4v) is 1.45. The summed E-state index contributed by atoms with van der Waals surface area (Å²) in [5.41, 5.74) is -0.771. The average molecular weight is 299 g/mol. The van der Waals surface area contributed by atoms with Crippen LogP contribution in [0.5, 0.6) is 0 Å². The Morgan fingerprint density at radius 3 is 2.14 bits per heavy atom. The first kappa shape index (κ1) is 18.8. The second kappa shape index (κ2) is 8.15. The number of carboxylic acid groups (broad SMARTS) is 2. The zero-order chi connectivity index (χ0) is 16.6. The van der Waals surface area contributed by atoms with Gasteiger partial charge in [0.2, 0.25) is 0 Å². The number of aliphatic carboxylic acids is 2. The second-order valence-electron chi connectivity index (χ2n) is 5.44. The topological polar surface area (TPSA) is 113 Å². The minimum Gasteiger partial charge on any atom is -0.481 e. The third-order valence-corrected chi connectivity index (χ3v) is 2.38. The lowest BCUT2D eigenvalue weighted by atomic mass is 9.97. The largest absolute Gasteiger partial charge is 0.481 e. The Morgan fingerprint density at radius 1 is 1.19 bits per heavy atom. The molecule has 0 heterocycles. The highest BCUT2D eigenvalue weighted by atomic mass is 16.6. The van der Waals surface area contributed by atoms with E-state index in [1.54, 1.807) is 27.7 Å². The van der Waals surface area contributed by atoms with Gasteiger partial charge in [-0.3, -0.25) is 4.79 Å². The number of alkyl carbamates (subject to hydrolysis) is 1. The average Bonchev–Trinajstić information content (AvgIpc) is 2.29. The summed E-state index contributed by atoms with van der Waals surface area (Å²) in [7, 11) is 0. The van der Waals surface area contributed by atoms with Crippen LogP contribution >= 0.6 is 0 Å². The van der Waals surface area contributed by atoms with Crippen molar-refractivity contribution in [1.82, 2.24) is 5.32 Å². The summed E-state index contributed by atoms with van der Waals surface area (Å²) in [6, 6.07) is -1.35. The van der Waals surface area contributed by atoms with Crippen LogP contribution in [0.15, 0.2) is 0 Å². The molecule has 0 saturated carbocycles. The Bertz CT molecular complexity index is 454.